The highest BCUT2D eigenvalue weighted by Crippen LogP contribution is 2.31. The third-order valence-electron chi connectivity index (χ3n) is 5.20. The molecule has 0 radical (unpaired) electrons. The lowest BCUT2D eigenvalue weighted by atomic mass is 9.99. The number of aryl methyl sites for hydroxylation is 1. The fraction of sp³-hybridized carbons (Fsp3) is 0.550. The predicted molar refractivity (Wildman–Crippen MR) is 94.7 cm³/mol. The molecule has 1 aromatic rings. The number of hydrogen-bond donors (Lipinski definition) is 0. The van der Waals surface area contributed by atoms with E-state index in [4.69, 9.17) is 0 Å². The molecule has 1 atom stereocenters. The maximum Gasteiger partial charge on any atom is 0.229 e. The number of benzene rings is 1. The van der Waals surface area contributed by atoms with Crippen LogP contribution in [-0.4, -0.2) is 40.6 Å². The van der Waals surface area contributed by atoms with Gasteiger partial charge in [0.1, 0.15) is 0 Å². The van der Waals surface area contributed by atoms with Crippen LogP contribution >= 0.6 is 0 Å². The lowest BCUT2D eigenvalue weighted by molar-refractivity contribution is -0.140. The van der Waals surface area contributed by atoms with Crippen molar-refractivity contribution in [3.8, 4) is 0 Å². The molecule has 2 saturated heterocycles. The van der Waals surface area contributed by atoms with Crippen molar-refractivity contribution in [1.29, 1.82) is 0 Å². The maximum absolute atomic E-state index is 12.9. The summed E-state index contributed by atoms with van der Waals surface area (Å²) < 4.78 is 0. The van der Waals surface area contributed by atoms with Gasteiger partial charge in [-0.3, -0.25) is 19.3 Å². The minimum Gasteiger partial charge on any atom is -0.336 e. The van der Waals surface area contributed by atoms with Gasteiger partial charge in [-0.1, -0.05) is 42.7 Å². The van der Waals surface area contributed by atoms with E-state index in [1.54, 1.807) is 0 Å². The second-order valence-electron chi connectivity index (χ2n) is 7.06. The molecular weight excluding hydrogens is 316 g/mol. The molecule has 0 aromatic heterocycles. The third-order valence-corrected chi connectivity index (χ3v) is 5.20. The number of nitrogens with zero attached hydrogens (tertiary/aromatic N) is 2. The Balaban J connectivity index is 1.71. The van der Waals surface area contributed by atoms with Crippen molar-refractivity contribution >= 4 is 17.7 Å². The first-order chi connectivity index (χ1) is 12.1. The van der Waals surface area contributed by atoms with Crippen molar-refractivity contribution in [1.82, 2.24) is 9.80 Å². The summed E-state index contributed by atoms with van der Waals surface area (Å²) in [5, 5.41) is 0. The first kappa shape index (κ1) is 17.6. The fourth-order valence-electron chi connectivity index (χ4n) is 3.85. The molecule has 1 unspecified atom stereocenters. The van der Waals surface area contributed by atoms with Gasteiger partial charge in [0, 0.05) is 32.4 Å². The molecule has 1 aromatic carbocycles. The zero-order valence-corrected chi connectivity index (χ0v) is 14.9. The summed E-state index contributed by atoms with van der Waals surface area (Å²) in [6.07, 6.45) is 5.01. The van der Waals surface area contributed by atoms with Crippen LogP contribution in [0.3, 0.4) is 0 Å². The molecule has 0 N–H and O–H groups in total. The second kappa shape index (κ2) is 7.81. The van der Waals surface area contributed by atoms with E-state index < -0.39 is 0 Å². The summed E-state index contributed by atoms with van der Waals surface area (Å²) in [4.78, 5) is 39.5. The van der Waals surface area contributed by atoms with Crippen molar-refractivity contribution in [2.24, 2.45) is 0 Å². The Morgan fingerprint density at radius 2 is 1.88 bits per heavy atom. The first-order valence-electron chi connectivity index (χ1n) is 9.25. The number of rotatable bonds is 4. The van der Waals surface area contributed by atoms with Crippen LogP contribution in [0.1, 0.15) is 62.1 Å². The normalized spacial score (nSPS) is 21.6. The highest BCUT2D eigenvalue weighted by atomic mass is 16.2. The molecule has 2 aliphatic rings. The van der Waals surface area contributed by atoms with Gasteiger partial charge in [0.25, 0.3) is 0 Å². The van der Waals surface area contributed by atoms with E-state index in [1.807, 2.05) is 11.0 Å². The highest BCUT2D eigenvalue weighted by Gasteiger charge is 2.31. The summed E-state index contributed by atoms with van der Waals surface area (Å²) in [6.45, 7) is 3.03. The predicted octanol–water partition coefficient (Wildman–Crippen LogP) is 2.98. The van der Waals surface area contributed by atoms with E-state index in [-0.39, 0.29) is 49.6 Å². The van der Waals surface area contributed by atoms with Gasteiger partial charge in [-0.2, -0.15) is 0 Å². The second-order valence-corrected chi connectivity index (χ2v) is 7.06. The van der Waals surface area contributed by atoms with Crippen LogP contribution in [0.2, 0.25) is 0 Å². The van der Waals surface area contributed by atoms with Gasteiger partial charge in [-0.25, -0.2) is 0 Å². The van der Waals surface area contributed by atoms with Crippen LogP contribution in [-0.2, 0) is 14.4 Å². The van der Waals surface area contributed by atoms with Gasteiger partial charge >= 0.3 is 0 Å². The summed E-state index contributed by atoms with van der Waals surface area (Å²) in [6, 6.07) is 8.46. The maximum atomic E-state index is 12.9. The number of likely N-dealkylation sites (tertiary alicyclic amines) is 2. The van der Waals surface area contributed by atoms with Gasteiger partial charge in [-0.05, 0) is 25.3 Å². The Hall–Kier alpha value is -2.17. The molecule has 25 heavy (non-hydrogen) atoms. The molecule has 3 amide bonds. The largest absolute Gasteiger partial charge is 0.336 e. The van der Waals surface area contributed by atoms with E-state index in [0.717, 1.165) is 32.2 Å². The smallest absolute Gasteiger partial charge is 0.229 e. The van der Waals surface area contributed by atoms with Crippen LogP contribution in [0, 0.1) is 6.92 Å². The molecule has 3 rings (SSSR count). The summed E-state index contributed by atoms with van der Waals surface area (Å²) in [5.74, 6) is -0.256. The monoisotopic (exact) mass is 342 g/mol. The molecule has 0 saturated carbocycles. The van der Waals surface area contributed by atoms with Crippen LogP contribution in [0.5, 0.6) is 0 Å². The van der Waals surface area contributed by atoms with Gasteiger partial charge in [0.15, 0.2) is 0 Å². The van der Waals surface area contributed by atoms with Gasteiger partial charge in [0.05, 0.1) is 6.04 Å². The Kier molecular flexibility index (Phi) is 5.51. The van der Waals surface area contributed by atoms with Crippen LogP contribution in [0.4, 0.5) is 0 Å². The molecule has 2 heterocycles. The molecule has 2 fully saturated rings. The lowest BCUT2D eigenvalue weighted by Gasteiger charge is -2.31. The van der Waals surface area contributed by atoms with Crippen molar-refractivity contribution in [2.75, 3.05) is 13.1 Å². The molecule has 5 nitrogen and oxygen atoms in total. The number of amides is 3. The van der Waals surface area contributed by atoms with Crippen molar-refractivity contribution < 1.29 is 14.4 Å². The van der Waals surface area contributed by atoms with Crippen LogP contribution in [0.15, 0.2) is 24.3 Å². The van der Waals surface area contributed by atoms with Gasteiger partial charge in [0.2, 0.25) is 17.7 Å². The number of hydrogen-bond acceptors (Lipinski definition) is 3. The Bertz CT molecular complexity index is 655. The topological polar surface area (TPSA) is 57.7 Å². The SMILES string of the molecule is Cc1cccc(C2CCCCCN2C(=O)CCN2C(=O)CCC2=O)c1. The Labute approximate surface area is 149 Å². The van der Waals surface area contributed by atoms with E-state index in [0.29, 0.717) is 0 Å². The van der Waals surface area contributed by atoms with E-state index in [1.165, 1.54) is 16.0 Å². The average Bonchev–Trinajstić information content (AvgIpc) is 2.79. The van der Waals surface area contributed by atoms with Crippen LogP contribution < -0.4 is 0 Å². The summed E-state index contributed by atoms with van der Waals surface area (Å²) in [5.41, 5.74) is 2.38. The molecule has 5 heteroatoms. The minimum atomic E-state index is -0.149. The summed E-state index contributed by atoms with van der Waals surface area (Å²) in [7, 11) is 0. The Morgan fingerprint density at radius 1 is 1.12 bits per heavy atom. The fourth-order valence-corrected chi connectivity index (χ4v) is 3.85. The highest BCUT2D eigenvalue weighted by molar-refractivity contribution is 6.02. The average molecular weight is 342 g/mol. The zero-order valence-electron chi connectivity index (χ0n) is 14.9. The first-order valence-corrected chi connectivity index (χ1v) is 9.25. The summed E-state index contributed by atoms with van der Waals surface area (Å²) >= 11 is 0. The van der Waals surface area contributed by atoms with Crippen molar-refractivity contribution in [2.45, 2.75) is 57.9 Å². The molecular formula is C20H26N2O3. The zero-order chi connectivity index (χ0) is 17.8. The van der Waals surface area contributed by atoms with Crippen molar-refractivity contribution in [3.63, 3.8) is 0 Å². The third kappa shape index (κ3) is 4.09. The standard InChI is InChI=1S/C20H26N2O3/c1-15-6-5-7-16(14-15)17-8-3-2-4-12-21(17)20(25)11-13-22-18(23)9-10-19(22)24/h5-7,14,17H,2-4,8-13H2,1H3. The minimum absolute atomic E-state index is 0.0425. The molecule has 134 valence electrons. The molecule has 0 aliphatic carbocycles. The number of imide groups is 1. The van der Waals surface area contributed by atoms with E-state index >= 15 is 0 Å². The Morgan fingerprint density at radius 3 is 2.60 bits per heavy atom. The van der Waals surface area contributed by atoms with E-state index in [9.17, 15) is 14.4 Å². The number of carbonyl (C=O) groups is 3. The molecule has 0 spiro atoms. The van der Waals surface area contributed by atoms with Crippen molar-refractivity contribution in [3.05, 3.63) is 35.4 Å². The van der Waals surface area contributed by atoms with E-state index in [2.05, 4.69) is 25.1 Å². The van der Waals surface area contributed by atoms with Gasteiger partial charge < -0.3 is 4.90 Å². The van der Waals surface area contributed by atoms with Crippen LogP contribution in [0.25, 0.3) is 0 Å². The molecule has 0 bridgehead atoms. The van der Waals surface area contributed by atoms with Gasteiger partial charge in [-0.15, -0.1) is 0 Å². The number of carbonyl (C=O) groups excluding carboxylic acids is 3. The lowest BCUT2D eigenvalue weighted by Crippen LogP contribution is -2.38. The quantitative estimate of drug-likeness (QED) is 0.791. The molecule has 2 aliphatic heterocycles.